The number of amides is 4. The van der Waals surface area contributed by atoms with Gasteiger partial charge in [0, 0.05) is 55.1 Å². The lowest BCUT2D eigenvalue weighted by atomic mass is 10.0. The van der Waals surface area contributed by atoms with E-state index in [0.29, 0.717) is 31.1 Å². The van der Waals surface area contributed by atoms with Crippen molar-refractivity contribution < 1.29 is 28.8 Å². The third-order valence-electron chi connectivity index (χ3n) is 6.35. The number of anilines is 2. The van der Waals surface area contributed by atoms with Crippen LogP contribution in [-0.2, 0) is 24.0 Å². The zero-order valence-electron chi connectivity index (χ0n) is 25.4. The van der Waals surface area contributed by atoms with E-state index in [4.69, 9.17) is 0 Å². The second kappa shape index (κ2) is 18.0. The first-order valence-corrected chi connectivity index (χ1v) is 14.4. The van der Waals surface area contributed by atoms with Gasteiger partial charge in [-0.15, -0.1) is 0 Å². The Morgan fingerprint density at radius 1 is 0.732 bits per heavy atom. The summed E-state index contributed by atoms with van der Waals surface area (Å²) in [5.41, 5.74) is 0.670. The van der Waals surface area contributed by atoms with E-state index in [1.54, 1.807) is 34.6 Å². The quantitative estimate of drug-likeness (QED) is 0.168. The lowest BCUT2D eigenvalue weighted by Gasteiger charge is -2.24. The molecule has 1 aromatic carbocycles. The van der Waals surface area contributed by atoms with Gasteiger partial charge in [0.15, 0.2) is 5.78 Å². The summed E-state index contributed by atoms with van der Waals surface area (Å²) in [6.45, 7) is 13.3. The third kappa shape index (κ3) is 13.5. The lowest BCUT2D eigenvalue weighted by molar-refractivity contribution is -0.129. The summed E-state index contributed by atoms with van der Waals surface area (Å²) in [6, 6.07) is 3.12. The summed E-state index contributed by atoms with van der Waals surface area (Å²) in [5.74, 6) is -2.21. The predicted molar refractivity (Wildman–Crippen MR) is 160 cm³/mol. The minimum absolute atomic E-state index is 0.0160. The molecule has 4 amide bonds. The molecule has 5 N–H and O–H groups in total. The molecule has 0 bridgehead atoms. The average molecular weight is 574 g/mol. The fraction of sp³-hybridized carbons (Fsp3) is 0.600. The first-order chi connectivity index (χ1) is 19.3. The van der Waals surface area contributed by atoms with Crippen molar-refractivity contribution in [2.24, 2.45) is 5.92 Å². The molecule has 0 unspecified atom stereocenters. The van der Waals surface area contributed by atoms with Crippen LogP contribution in [0.5, 0.6) is 0 Å². The van der Waals surface area contributed by atoms with Crippen LogP contribution in [0.2, 0.25) is 0 Å². The monoisotopic (exact) mass is 573 g/mol. The van der Waals surface area contributed by atoms with Gasteiger partial charge in [-0.1, -0.05) is 41.5 Å². The van der Waals surface area contributed by atoms with Gasteiger partial charge in [-0.2, -0.15) is 0 Å². The smallest absolute Gasteiger partial charge is 0.252 e. The number of hydrogen-bond donors (Lipinski definition) is 5. The molecule has 0 fully saturated rings. The Hall–Kier alpha value is -3.60. The third-order valence-corrected chi connectivity index (χ3v) is 6.35. The highest BCUT2D eigenvalue weighted by Crippen LogP contribution is 2.21. The normalized spacial score (nSPS) is 12.4. The van der Waals surface area contributed by atoms with E-state index in [-0.39, 0.29) is 60.3 Å². The average Bonchev–Trinajstić information content (AvgIpc) is 2.91. The molecule has 1 rings (SSSR count). The van der Waals surface area contributed by atoms with Crippen LogP contribution in [0.15, 0.2) is 18.2 Å². The van der Waals surface area contributed by atoms with Gasteiger partial charge in [0.25, 0.3) is 5.91 Å². The number of hydrogen-bond acceptors (Lipinski definition) is 7. The Morgan fingerprint density at radius 3 is 1.83 bits per heavy atom. The highest BCUT2D eigenvalue weighted by Gasteiger charge is 2.27. The summed E-state index contributed by atoms with van der Waals surface area (Å²) in [4.78, 5) is 74.8. The molecular formula is C30H47N5O6. The van der Waals surface area contributed by atoms with Gasteiger partial charge in [0.2, 0.25) is 17.7 Å². The summed E-state index contributed by atoms with van der Waals surface area (Å²) in [6.07, 6.45) is 1.55. The maximum absolute atomic E-state index is 13.3. The fourth-order valence-electron chi connectivity index (χ4n) is 3.87. The largest absolute Gasteiger partial charge is 0.345 e. The maximum atomic E-state index is 13.3. The number of nitrogens with one attached hydrogen (secondary N) is 5. The van der Waals surface area contributed by atoms with Gasteiger partial charge in [-0.05, 0) is 44.0 Å². The molecule has 11 nitrogen and oxygen atoms in total. The van der Waals surface area contributed by atoms with Gasteiger partial charge in [-0.3, -0.25) is 28.8 Å². The Bertz CT molecular complexity index is 1090. The lowest BCUT2D eigenvalue weighted by Crippen LogP contribution is -2.53. The van der Waals surface area contributed by atoms with E-state index in [2.05, 4.69) is 26.6 Å². The van der Waals surface area contributed by atoms with Crippen LogP contribution in [0.3, 0.4) is 0 Å². The Morgan fingerprint density at radius 2 is 1.32 bits per heavy atom. The molecule has 11 heteroatoms. The summed E-state index contributed by atoms with van der Waals surface area (Å²) < 4.78 is 0. The van der Waals surface area contributed by atoms with E-state index in [1.807, 2.05) is 13.8 Å². The molecule has 2 atom stereocenters. The first kappa shape index (κ1) is 35.4. The van der Waals surface area contributed by atoms with E-state index < -0.39 is 29.8 Å². The molecule has 0 aliphatic heterocycles. The number of carbonyl (C=O) groups is 6. The van der Waals surface area contributed by atoms with Crippen molar-refractivity contribution >= 4 is 46.6 Å². The van der Waals surface area contributed by atoms with Crippen molar-refractivity contribution in [3.8, 4) is 0 Å². The van der Waals surface area contributed by atoms with Crippen molar-refractivity contribution in [3.63, 3.8) is 0 Å². The van der Waals surface area contributed by atoms with E-state index in [1.165, 1.54) is 18.2 Å². The van der Waals surface area contributed by atoms with Gasteiger partial charge < -0.3 is 26.6 Å². The van der Waals surface area contributed by atoms with Gasteiger partial charge >= 0.3 is 0 Å². The second-order valence-corrected chi connectivity index (χ2v) is 10.7. The topological polar surface area (TPSA) is 163 Å². The molecule has 0 spiro atoms. The standard InChI is InChI=1S/C30H47N5O6/c1-8-24(36)12-13-27(39)34-23-16-21(15-22(17-23)33-26(38)11-10-14-31-19(5)6)29(40)35-28(18(3)4)30(41)32-20(7)25(37)9-2/h15-20,28,31H,8-14H2,1-7H3,(H,32,41)(H,33,38)(H,34,39)(H,35,40)/t20-,28-/m0/s1. The summed E-state index contributed by atoms with van der Waals surface area (Å²) >= 11 is 0. The predicted octanol–water partition coefficient (Wildman–Crippen LogP) is 3.34. The Kier molecular flexibility index (Phi) is 15.5. The number of ketones is 2. The van der Waals surface area contributed by atoms with Gasteiger partial charge in [0.05, 0.1) is 6.04 Å². The van der Waals surface area contributed by atoms with Crippen molar-refractivity contribution in [2.45, 2.75) is 105 Å². The summed E-state index contributed by atoms with van der Waals surface area (Å²) in [5, 5.41) is 14.1. The first-order valence-electron chi connectivity index (χ1n) is 14.4. The van der Waals surface area contributed by atoms with Gasteiger partial charge in [-0.25, -0.2) is 0 Å². The van der Waals surface area contributed by atoms with Crippen LogP contribution >= 0.6 is 0 Å². The number of Topliss-reactive ketones (excluding diaryl/α,β-unsaturated/α-hetero) is 2. The van der Waals surface area contributed by atoms with Crippen LogP contribution in [-0.4, -0.2) is 59.9 Å². The fourth-order valence-corrected chi connectivity index (χ4v) is 3.87. The van der Waals surface area contributed by atoms with Crippen LogP contribution in [0, 0.1) is 5.92 Å². The summed E-state index contributed by atoms with van der Waals surface area (Å²) in [7, 11) is 0. The highest BCUT2D eigenvalue weighted by molar-refractivity contribution is 6.02. The van der Waals surface area contributed by atoms with Crippen molar-refractivity contribution in [1.82, 2.24) is 16.0 Å². The Labute approximate surface area is 243 Å². The Balaban J connectivity index is 3.15. The molecular weight excluding hydrogens is 526 g/mol. The van der Waals surface area contributed by atoms with Crippen LogP contribution in [0.4, 0.5) is 11.4 Å². The molecule has 0 aliphatic carbocycles. The maximum Gasteiger partial charge on any atom is 0.252 e. The minimum atomic E-state index is -0.931. The SMILES string of the molecule is CCC(=O)CCC(=O)Nc1cc(NC(=O)CCCNC(C)C)cc(C(=O)N[C@H](C(=O)N[C@@H](C)C(=O)CC)C(C)C)c1. The molecule has 228 valence electrons. The molecule has 0 saturated heterocycles. The van der Waals surface area contributed by atoms with Crippen LogP contribution < -0.4 is 26.6 Å². The zero-order chi connectivity index (χ0) is 31.1. The van der Waals surface area contributed by atoms with Crippen molar-refractivity contribution in [2.75, 3.05) is 17.2 Å². The van der Waals surface area contributed by atoms with Crippen molar-refractivity contribution in [3.05, 3.63) is 23.8 Å². The molecule has 41 heavy (non-hydrogen) atoms. The number of rotatable bonds is 18. The molecule has 1 aromatic rings. The number of benzene rings is 1. The molecule has 0 heterocycles. The molecule has 0 radical (unpaired) electrons. The zero-order valence-corrected chi connectivity index (χ0v) is 25.4. The van der Waals surface area contributed by atoms with Crippen molar-refractivity contribution in [1.29, 1.82) is 0 Å². The van der Waals surface area contributed by atoms with E-state index >= 15 is 0 Å². The molecule has 0 aromatic heterocycles. The van der Waals surface area contributed by atoms with Crippen LogP contribution in [0.25, 0.3) is 0 Å². The van der Waals surface area contributed by atoms with E-state index in [9.17, 15) is 28.8 Å². The van der Waals surface area contributed by atoms with Crippen LogP contribution in [0.1, 0.15) is 97.3 Å². The van der Waals surface area contributed by atoms with E-state index in [0.717, 1.165) is 0 Å². The second-order valence-electron chi connectivity index (χ2n) is 10.7. The number of carbonyl (C=O) groups excluding carboxylic acids is 6. The highest BCUT2D eigenvalue weighted by atomic mass is 16.2. The molecule has 0 aliphatic rings. The molecule has 0 saturated carbocycles. The van der Waals surface area contributed by atoms with Gasteiger partial charge in [0.1, 0.15) is 11.8 Å². The minimum Gasteiger partial charge on any atom is -0.345 e.